The third-order valence-corrected chi connectivity index (χ3v) is 2.45. The summed E-state index contributed by atoms with van der Waals surface area (Å²) < 4.78 is 37.6. The van der Waals surface area contributed by atoms with E-state index in [0.717, 1.165) is 11.8 Å². The molecule has 0 saturated heterocycles. The first-order valence-electron chi connectivity index (χ1n) is 4.98. The molecule has 0 aliphatic heterocycles. The summed E-state index contributed by atoms with van der Waals surface area (Å²) in [5.41, 5.74) is 0.499. The molecular weight excluding hydrogens is 263 g/mol. The standard InChI is InChI=1S/C11H8F3N3S/c1-6-2-3-7(5-15-6)8-4-9(11(12,13)14)17-10(18)16-8/h2-5H,1H3,(H,16,17,18). The van der Waals surface area contributed by atoms with Gasteiger partial charge < -0.3 is 4.98 Å². The van der Waals surface area contributed by atoms with Crippen molar-refractivity contribution in [2.45, 2.75) is 13.1 Å². The maximum atomic E-state index is 12.6. The van der Waals surface area contributed by atoms with Crippen molar-refractivity contribution in [3.8, 4) is 11.3 Å². The number of halogens is 3. The van der Waals surface area contributed by atoms with E-state index in [1.54, 1.807) is 19.1 Å². The lowest BCUT2D eigenvalue weighted by Gasteiger charge is -2.08. The number of aromatic amines is 1. The van der Waals surface area contributed by atoms with Crippen LogP contribution in [0.4, 0.5) is 13.2 Å². The molecule has 2 aromatic rings. The molecule has 0 fully saturated rings. The first-order chi connectivity index (χ1) is 8.36. The Morgan fingerprint density at radius 2 is 2.00 bits per heavy atom. The molecule has 3 nitrogen and oxygen atoms in total. The summed E-state index contributed by atoms with van der Waals surface area (Å²) >= 11 is 4.69. The van der Waals surface area contributed by atoms with Crippen molar-refractivity contribution < 1.29 is 13.2 Å². The molecule has 0 aliphatic rings. The molecule has 2 heterocycles. The Kier molecular flexibility index (Phi) is 3.16. The summed E-state index contributed by atoms with van der Waals surface area (Å²) in [4.78, 5) is 9.91. The molecule has 0 aromatic carbocycles. The summed E-state index contributed by atoms with van der Waals surface area (Å²) in [6.07, 6.45) is -3.02. The van der Waals surface area contributed by atoms with Crippen LogP contribution in [0.5, 0.6) is 0 Å². The van der Waals surface area contributed by atoms with Gasteiger partial charge in [-0.25, -0.2) is 4.98 Å². The van der Waals surface area contributed by atoms with E-state index in [9.17, 15) is 13.2 Å². The topological polar surface area (TPSA) is 41.6 Å². The minimum absolute atomic E-state index is 0.151. The summed E-state index contributed by atoms with van der Waals surface area (Å²) in [5.74, 6) is 0. The van der Waals surface area contributed by atoms with Gasteiger partial charge >= 0.3 is 6.18 Å². The molecule has 0 aliphatic carbocycles. The lowest BCUT2D eigenvalue weighted by atomic mass is 10.1. The number of hydrogen-bond donors (Lipinski definition) is 1. The zero-order valence-corrected chi connectivity index (χ0v) is 10.1. The highest BCUT2D eigenvalue weighted by Crippen LogP contribution is 2.29. The van der Waals surface area contributed by atoms with E-state index in [4.69, 9.17) is 12.2 Å². The maximum Gasteiger partial charge on any atom is 0.431 e. The number of nitrogens with one attached hydrogen (secondary N) is 1. The van der Waals surface area contributed by atoms with Crippen LogP contribution in [0.1, 0.15) is 11.4 Å². The maximum absolute atomic E-state index is 12.6. The van der Waals surface area contributed by atoms with Crippen LogP contribution in [-0.4, -0.2) is 15.0 Å². The molecule has 7 heteroatoms. The van der Waals surface area contributed by atoms with Crippen LogP contribution in [-0.2, 0) is 6.18 Å². The molecule has 0 bridgehead atoms. The van der Waals surface area contributed by atoms with Crippen molar-refractivity contribution >= 4 is 12.2 Å². The van der Waals surface area contributed by atoms with Gasteiger partial charge in [-0.2, -0.15) is 13.2 Å². The van der Waals surface area contributed by atoms with E-state index >= 15 is 0 Å². The zero-order chi connectivity index (χ0) is 13.3. The van der Waals surface area contributed by atoms with Crippen LogP contribution in [0.15, 0.2) is 24.4 Å². The molecule has 0 radical (unpaired) electrons. The van der Waals surface area contributed by atoms with Crippen LogP contribution >= 0.6 is 12.2 Å². The molecule has 18 heavy (non-hydrogen) atoms. The van der Waals surface area contributed by atoms with Gasteiger partial charge in [0, 0.05) is 17.5 Å². The Labute approximate surface area is 106 Å². The average Bonchev–Trinajstić information content (AvgIpc) is 2.28. The smallest absolute Gasteiger partial charge is 0.327 e. The lowest BCUT2D eigenvalue weighted by Crippen LogP contribution is -2.09. The molecule has 2 rings (SSSR count). The summed E-state index contributed by atoms with van der Waals surface area (Å²) in [6, 6.07) is 4.27. The van der Waals surface area contributed by atoms with Crippen molar-refractivity contribution in [3.63, 3.8) is 0 Å². The second-order valence-corrected chi connectivity index (χ2v) is 4.06. The van der Waals surface area contributed by atoms with Gasteiger partial charge in [0.15, 0.2) is 4.77 Å². The second-order valence-electron chi connectivity index (χ2n) is 3.67. The van der Waals surface area contributed by atoms with Gasteiger partial charge in [0.25, 0.3) is 0 Å². The van der Waals surface area contributed by atoms with Crippen molar-refractivity contribution in [2.24, 2.45) is 0 Å². The van der Waals surface area contributed by atoms with Gasteiger partial charge in [-0.15, -0.1) is 0 Å². The normalized spacial score (nSPS) is 11.6. The molecule has 0 amide bonds. The number of aryl methyl sites for hydroxylation is 1. The third-order valence-electron chi connectivity index (χ3n) is 2.26. The number of pyridine rings is 1. The molecule has 94 valence electrons. The van der Waals surface area contributed by atoms with E-state index in [1.165, 1.54) is 6.20 Å². The number of hydrogen-bond acceptors (Lipinski definition) is 3. The van der Waals surface area contributed by atoms with Crippen molar-refractivity contribution in [1.29, 1.82) is 0 Å². The Morgan fingerprint density at radius 1 is 1.28 bits per heavy atom. The van der Waals surface area contributed by atoms with Crippen LogP contribution in [0.2, 0.25) is 0 Å². The highest BCUT2D eigenvalue weighted by molar-refractivity contribution is 7.71. The van der Waals surface area contributed by atoms with Crippen LogP contribution in [0.3, 0.4) is 0 Å². The Hall–Kier alpha value is -1.76. The molecule has 2 aromatic heterocycles. The van der Waals surface area contributed by atoms with Crippen molar-refractivity contribution in [2.75, 3.05) is 0 Å². The highest BCUT2D eigenvalue weighted by atomic mass is 32.1. The predicted molar refractivity (Wildman–Crippen MR) is 62.4 cm³/mol. The monoisotopic (exact) mass is 271 g/mol. The molecule has 1 N–H and O–H groups in total. The van der Waals surface area contributed by atoms with Crippen molar-refractivity contribution in [3.05, 3.63) is 40.6 Å². The quantitative estimate of drug-likeness (QED) is 0.807. The van der Waals surface area contributed by atoms with E-state index in [-0.39, 0.29) is 10.5 Å². The molecular formula is C11H8F3N3S. The Bertz CT molecular complexity index is 617. The summed E-state index contributed by atoms with van der Waals surface area (Å²) in [6.45, 7) is 1.79. The van der Waals surface area contributed by atoms with Crippen LogP contribution in [0.25, 0.3) is 11.3 Å². The summed E-state index contributed by atoms with van der Waals surface area (Å²) in [7, 11) is 0. The van der Waals surface area contributed by atoms with Crippen molar-refractivity contribution in [1.82, 2.24) is 15.0 Å². The number of alkyl halides is 3. The van der Waals surface area contributed by atoms with Crippen LogP contribution < -0.4 is 0 Å². The van der Waals surface area contributed by atoms with Gasteiger partial charge in [-0.05, 0) is 37.3 Å². The SMILES string of the molecule is Cc1ccc(-c2cc(C(F)(F)F)[nH]c(=S)n2)cn1. The number of nitrogens with zero attached hydrogens (tertiary/aromatic N) is 2. The fourth-order valence-electron chi connectivity index (χ4n) is 1.38. The van der Waals surface area contributed by atoms with E-state index in [2.05, 4.69) is 9.97 Å². The van der Waals surface area contributed by atoms with E-state index in [1.807, 2.05) is 4.98 Å². The first-order valence-corrected chi connectivity index (χ1v) is 5.39. The number of H-pyrrole nitrogens is 1. The second kappa shape index (κ2) is 4.49. The van der Waals surface area contributed by atoms with Gasteiger partial charge in [-0.1, -0.05) is 0 Å². The largest absolute Gasteiger partial charge is 0.431 e. The molecule has 0 unspecified atom stereocenters. The minimum Gasteiger partial charge on any atom is -0.327 e. The number of aromatic nitrogens is 3. The fourth-order valence-corrected chi connectivity index (χ4v) is 1.59. The fraction of sp³-hybridized carbons (Fsp3) is 0.182. The minimum atomic E-state index is -4.48. The van der Waals surface area contributed by atoms with Crippen LogP contribution in [0, 0.1) is 11.7 Å². The average molecular weight is 271 g/mol. The Balaban J connectivity index is 2.55. The zero-order valence-electron chi connectivity index (χ0n) is 9.25. The van der Waals surface area contributed by atoms with E-state index < -0.39 is 11.9 Å². The summed E-state index contributed by atoms with van der Waals surface area (Å²) in [5, 5.41) is 0. The third kappa shape index (κ3) is 2.73. The Morgan fingerprint density at radius 3 is 2.56 bits per heavy atom. The molecule has 0 saturated carbocycles. The van der Waals surface area contributed by atoms with E-state index in [0.29, 0.717) is 5.56 Å². The van der Waals surface area contributed by atoms with Gasteiger partial charge in [0.1, 0.15) is 5.69 Å². The molecule has 0 atom stereocenters. The predicted octanol–water partition coefficient (Wildman–Crippen LogP) is 3.53. The molecule has 0 spiro atoms. The van der Waals surface area contributed by atoms with Gasteiger partial charge in [0.05, 0.1) is 5.69 Å². The first kappa shape index (κ1) is 12.7. The van der Waals surface area contributed by atoms with Gasteiger partial charge in [-0.3, -0.25) is 4.98 Å². The number of rotatable bonds is 1. The highest BCUT2D eigenvalue weighted by Gasteiger charge is 2.32. The lowest BCUT2D eigenvalue weighted by molar-refractivity contribution is -0.141. The van der Waals surface area contributed by atoms with Gasteiger partial charge in [0.2, 0.25) is 0 Å².